The summed E-state index contributed by atoms with van der Waals surface area (Å²) in [5, 5.41) is 6.86. The van der Waals surface area contributed by atoms with Gasteiger partial charge in [0.2, 0.25) is 0 Å². The molecule has 6 heteroatoms. The van der Waals surface area contributed by atoms with Gasteiger partial charge in [-0.3, -0.25) is 4.99 Å². The minimum Gasteiger partial charge on any atom is -0.379 e. The van der Waals surface area contributed by atoms with E-state index in [9.17, 15) is 0 Å². The van der Waals surface area contributed by atoms with Crippen LogP contribution in [-0.2, 0) is 14.2 Å². The maximum Gasteiger partial charge on any atom is 0.191 e. The zero-order valence-corrected chi connectivity index (χ0v) is 16.9. The number of ether oxygens (including phenoxy) is 3. The van der Waals surface area contributed by atoms with Crippen molar-refractivity contribution in [2.75, 3.05) is 46.6 Å². The Kier molecular flexibility index (Phi) is 10.3. The Morgan fingerprint density at radius 2 is 2.00 bits per heavy atom. The monoisotopic (exact) mass is 369 g/mol. The van der Waals surface area contributed by atoms with Crippen molar-refractivity contribution in [3.05, 3.63) is 0 Å². The third-order valence-electron chi connectivity index (χ3n) is 5.26. The van der Waals surface area contributed by atoms with E-state index in [0.717, 1.165) is 77.6 Å². The first kappa shape index (κ1) is 21.5. The van der Waals surface area contributed by atoms with Crippen molar-refractivity contribution >= 4 is 5.96 Å². The number of nitrogens with one attached hydrogen (secondary N) is 2. The van der Waals surface area contributed by atoms with Crippen LogP contribution < -0.4 is 10.6 Å². The summed E-state index contributed by atoms with van der Waals surface area (Å²) in [6.07, 6.45) is 10.8. The van der Waals surface area contributed by atoms with E-state index in [1.807, 2.05) is 7.05 Å². The first-order valence-electron chi connectivity index (χ1n) is 10.6. The molecular formula is C20H39N3O3. The highest BCUT2D eigenvalue weighted by atomic mass is 16.5. The third kappa shape index (κ3) is 7.80. The van der Waals surface area contributed by atoms with Crippen LogP contribution in [0.25, 0.3) is 0 Å². The maximum atomic E-state index is 6.24. The molecule has 1 atom stereocenters. The zero-order valence-electron chi connectivity index (χ0n) is 16.9. The van der Waals surface area contributed by atoms with Crippen LogP contribution in [0.4, 0.5) is 0 Å². The van der Waals surface area contributed by atoms with Gasteiger partial charge in [0, 0.05) is 40.0 Å². The molecule has 1 heterocycles. The largest absolute Gasteiger partial charge is 0.379 e. The van der Waals surface area contributed by atoms with Crippen molar-refractivity contribution in [3.63, 3.8) is 0 Å². The molecule has 2 fully saturated rings. The number of aliphatic imine (C=N–C) groups is 1. The van der Waals surface area contributed by atoms with E-state index in [1.165, 1.54) is 25.7 Å². The second kappa shape index (κ2) is 12.5. The lowest BCUT2D eigenvalue weighted by Crippen LogP contribution is -2.49. The number of rotatable bonds is 11. The molecule has 1 saturated heterocycles. The highest BCUT2D eigenvalue weighted by Gasteiger charge is 2.32. The van der Waals surface area contributed by atoms with Gasteiger partial charge in [-0.2, -0.15) is 0 Å². The molecule has 1 aliphatic carbocycles. The lowest BCUT2D eigenvalue weighted by atomic mass is 9.84. The SMILES string of the molecule is CCCOC1(CNC(=NC)NCCCOCC2CCCO2)CCCCC1. The van der Waals surface area contributed by atoms with Gasteiger partial charge in [0.25, 0.3) is 0 Å². The second-order valence-electron chi connectivity index (χ2n) is 7.51. The van der Waals surface area contributed by atoms with Crippen LogP contribution in [0.15, 0.2) is 4.99 Å². The van der Waals surface area contributed by atoms with Gasteiger partial charge >= 0.3 is 0 Å². The van der Waals surface area contributed by atoms with Gasteiger partial charge < -0.3 is 24.8 Å². The predicted octanol–water partition coefficient (Wildman–Crippen LogP) is 2.87. The topological polar surface area (TPSA) is 64.1 Å². The Morgan fingerprint density at radius 3 is 2.69 bits per heavy atom. The summed E-state index contributed by atoms with van der Waals surface area (Å²) >= 11 is 0. The second-order valence-corrected chi connectivity index (χ2v) is 7.51. The van der Waals surface area contributed by atoms with Crippen LogP contribution in [0.2, 0.25) is 0 Å². The van der Waals surface area contributed by atoms with Crippen molar-refractivity contribution in [1.82, 2.24) is 10.6 Å². The quantitative estimate of drug-likeness (QED) is 0.333. The highest BCUT2D eigenvalue weighted by molar-refractivity contribution is 5.79. The molecule has 6 nitrogen and oxygen atoms in total. The Labute approximate surface area is 159 Å². The van der Waals surface area contributed by atoms with E-state index in [4.69, 9.17) is 14.2 Å². The lowest BCUT2D eigenvalue weighted by Gasteiger charge is -2.37. The summed E-state index contributed by atoms with van der Waals surface area (Å²) in [5.41, 5.74) is -0.0176. The fourth-order valence-corrected chi connectivity index (χ4v) is 3.72. The van der Waals surface area contributed by atoms with Crippen molar-refractivity contribution in [3.8, 4) is 0 Å². The van der Waals surface area contributed by atoms with E-state index in [-0.39, 0.29) is 5.60 Å². The molecule has 0 amide bonds. The number of nitrogens with zero attached hydrogens (tertiary/aromatic N) is 1. The molecule has 0 spiro atoms. The van der Waals surface area contributed by atoms with Crippen molar-refractivity contribution in [1.29, 1.82) is 0 Å². The van der Waals surface area contributed by atoms with E-state index < -0.39 is 0 Å². The summed E-state index contributed by atoms with van der Waals surface area (Å²) in [7, 11) is 1.82. The molecule has 0 aromatic rings. The molecule has 0 aromatic carbocycles. The molecule has 2 aliphatic rings. The van der Waals surface area contributed by atoms with Crippen LogP contribution in [0.3, 0.4) is 0 Å². The normalized spacial score (nSPS) is 23.2. The summed E-state index contributed by atoms with van der Waals surface area (Å²) in [6.45, 7) is 7.08. The molecule has 26 heavy (non-hydrogen) atoms. The van der Waals surface area contributed by atoms with E-state index in [0.29, 0.717) is 6.10 Å². The first-order valence-corrected chi connectivity index (χ1v) is 10.6. The smallest absolute Gasteiger partial charge is 0.191 e. The Morgan fingerprint density at radius 1 is 1.15 bits per heavy atom. The third-order valence-corrected chi connectivity index (χ3v) is 5.26. The molecule has 0 bridgehead atoms. The van der Waals surface area contributed by atoms with Gasteiger partial charge in [-0.05, 0) is 38.5 Å². The van der Waals surface area contributed by atoms with Gasteiger partial charge in [-0.25, -0.2) is 0 Å². The van der Waals surface area contributed by atoms with Gasteiger partial charge in [0.05, 0.1) is 18.3 Å². The minimum atomic E-state index is -0.0176. The van der Waals surface area contributed by atoms with E-state index >= 15 is 0 Å². The number of guanidine groups is 1. The molecule has 0 radical (unpaired) electrons. The molecule has 2 N–H and O–H groups in total. The Hall–Kier alpha value is -0.850. The number of hydrogen-bond donors (Lipinski definition) is 2. The predicted molar refractivity (Wildman–Crippen MR) is 106 cm³/mol. The first-order chi connectivity index (χ1) is 12.8. The maximum absolute atomic E-state index is 6.24. The van der Waals surface area contributed by atoms with Gasteiger partial charge in [-0.1, -0.05) is 26.2 Å². The summed E-state index contributed by atoms with van der Waals surface area (Å²) in [4.78, 5) is 4.34. The summed E-state index contributed by atoms with van der Waals surface area (Å²) in [6, 6.07) is 0. The van der Waals surface area contributed by atoms with Gasteiger partial charge in [0.15, 0.2) is 5.96 Å². The highest BCUT2D eigenvalue weighted by Crippen LogP contribution is 2.31. The lowest BCUT2D eigenvalue weighted by molar-refractivity contribution is -0.0657. The molecule has 0 aromatic heterocycles. The zero-order chi connectivity index (χ0) is 18.5. The molecule has 1 aliphatic heterocycles. The van der Waals surface area contributed by atoms with E-state index in [2.05, 4.69) is 22.5 Å². The van der Waals surface area contributed by atoms with Crippen molar-refractivity contribution in [2.45, 2.75) is 76.4 Å². The molecular weight excluding hydrogens is 330 g/mol. The summed E-state index contributed by atoms with van der Waals surface area (Å²) < 4.78 is 17.5. The van der Waals surface area contributed by atoms with Crippen LogP contribution in [-0.4, -0.2) is 64.2 Å². The Balaban J connectivity index is 1.59. The standard InChI is InChI=1S/C20H39N3O3/c1-3-13-26-20(10-5-4-6-11-20)17-23-19(21-2)22-12-8-14-24-16-18-9-7-15-25-18/h18H,3-17H2,1-2H3,(H2,21,22,23). The minimum absolute atomic E-state index is 0.0176. The summed E-state index contributed by atoms with van der Waals surface area (Å²) in [5.74, 6) is 0.856. The molecule has 1 unspecified atom stereocenters. The van der Waals surface area contributed by atoms with E-state index in [1.54, 1.807) is 0 Å². The van der Waals surface area contributed by atoms with Crippen LogP contribution in [0.5, 0.6) is 0 Å². The number of hydrogen-bond acceptors (Lipinski definition) is 4. The average molecular weight is 370 g/mol. The van der Waals surface area contributed by atoms with Crippen molar-refractivity contribution in [2.24, 2.45) is 4.99 Å². The average Bonchev–Trinajstić information content (AvgIpc) is 3.19. The Bertz CT molecular complexity index is 392. The molecule has 1 saturated carbocycles. The fourth-order valence-electron chi connectivity index (χ4n) is 3.72. The molecule has 152 valence electrons. The van der Waals surface area contributed by atoms with Gasteiger partial charge in [0.1, 0.15) is 0 Å². The molecule has 2 rings (SSSR count). The van der Waals surface area contributed by atoms with Crippen LogP contribution >= 0.6 is 0 Å². The van der Waals surface area contributed by atoms with Crippen LogP contribution in [0.1, 0.15) is 64.7 Å². The van der Waals surface area contributed by atoms with Crippen LogP contribution in [0, 0.1) is 0 Å². The van der Waals surface area contributed by atoms with Crippen molar-refractivity contribution < 1.29 is 14.2 Å². The van der Waals surface area contributed by atoms with Gasteiger partial charge in [-0.15, -0.1) is 0 Å². The fraction of sp³-hybridized carbons (Fsp3) is 0.950.